The zero-order valence-corrected chi connectivity index (χ0v) is 7.38. The molecule has 3 nitrogen and oxygen atoms in total. The van der Waals surface area contributed by atoms with Gasteiger partial charge in [-0.2, -0.15) is 8.78 Å². The summed E-state index contributed by atoms with van der Waals surface area (Å²) in [5.41, 5.74) is -3.04. The monoisotopic (exact) mass is 228 g/mol. The minimum absolute atomic E-state index is 0.105. The Labute approximate surface area is 82.0 Å². The summed E-state index contributed by atoms with van der Waals surface area (Å²) in [5, 5.41) is 17.4. The zero-order chi connectivity index (χ0) is 11.9. The normalized spacial score (nSPS) is 30.2. The van der Waals surface area contributed by atoms with Gasteiger partial charge in [0.1, 0.15) is 0 Å². The quantitative estimate of drug-likeness (QED) is 0.555. The topological polar surface area (TPSA) is 57.5 Å². The first-order chi connectivity index (χ1) is 6.61. The van der Waals surface area contributed by atoms with E-state index in [0.717, 1.165) is 0 Å². The Balaban J connectivity index is 3.01. The molecule has 86 valence electrons. The molecule has 0 fully saturated rings. The number of carboxylic acids is 1. The molecule has 2 N–H and O–H groups in total. The van der Waals surface area contributed by atoms with Gasteiger partial charge in [-0.05, 0) is 18.6 Å². The molecule has 0 saturated carbocycles. The second-order valence-electron chi connectivity index (χ2n) is 3.40. The van der Waals surface area contributed by atoms with Gasteiger partial charge in [0.05, 0.1) is 0 Å². The van der Waals surface area contributed by atoms with Crippen molar-refractivity contribution in [2.24, 2.45) is 0 Å². The van der Waals surface area contributed by atoms with Crippen molar-refractivity contribution in [2.45, 2.75) is 30.3 Å². The molecule has 1 aliphatic rings. The molecule has 1 aliphatic carbocycles. The summed E-state index contributed by atoms with van der Waals surface area (Å²) in [6.07, 6.45) is -1.75. The van der Waals surface area contributed by atoms with Crippen LogP contribution in [0.1, 0.15) is 12.8 Å². The predicted molar refractivity (Wildman–Crippen MR) is 40.9 cm³/mol. The number of halogens is 4. The lowest BCUT2D eigenvalue weighted by molar-refractivity contribution is -0.202. The lowest BCUT2D eigenvalue weighted by Gasteiger charge is -2.34. The average Bonchev–Trinajstić information content (AvgIpc) is 2.10. The summed E-state index contributed by atoms with van der Waals surface area (Å²) in [7, 11) is 0. The number of hydrogen-bond acceptors (Lipinski definition) is 2. The van der Waals surface area contributed by atoms with Gasteiger partial charge in [0.25, 0.3) is 5.92 Å². The fourth-order valence-electron chi connectivity index (χ4n) is 1.23. The maximum Gasteiger partial charge on any atom is 0.378 e. The molecule has 0 bridgehead atoms. The van der Waals surface area contributed by atoms with Crippen LogP contribution < -0.4 is 0 Å². The number of allylic oxidation sites excluding steroid dienone is 1. The molecule has 1 rings (SSSR count). The van der Waals surface area contributed by atoms with E-state index in [2.05, 4.69) is 0 Å². The number of hydrogen-bond donors (Lipinski definition) is 2. The van der Waals surface area contributed by atoms with Crippen molar-refractivity contribution in [2.75, 3.05) is 0 Å². The molecule has 15 heavy (non-hydrogen) atoms. The molecule has 0 saturated heterocycles. The Bertz CT molecular complexity index is 313. The van der Waals surface area contributed by atoms with Gasteiger partial charge in [-0.1, -0.05) is 0 Å². The largest absolute Gasteiger partial charge is 0.477 e. The highest BCUT2D eigenvalue weighted by Crippen LogP contribution is 2.41. The second kappa shape index (κ2) is 3.19. The first-order valence-electron chi connectivity index (χ1n) is 4.03. The Morgan fingerprint density at radius 2 is 1.80 bits per heavy atom. The molecule has 0 radical (unpaired) electrons. The smallest absolute Gasteiger partial charge is 0.378 e. The van der Waals surface area contributed by atoms with E-state index in [0.29, 0.717) is 0 Å². The Hall–Kier alpha value is -1.11. The Morgan fingerprint density at radius 1 is 1.27 bits per heavy atom. The zero-order valence-electron chi connectivity index (χ0n) is 7.38. The van der Waals surface area contributed by atoms with Crippen molar-refractivity contribution < 1.29 is 32.6 Å². The molecule has 0 aromatic rings. The van der Waals surface area contributed by atoms with Crippen molar-refractivity contribution in [3.8, 4) is 0 Å². The molecule has 0 amide bonds. The van der Waals surface area contributed by atoms with Gasteiger partial charge in [-0.3, -0.25) is 0 Å². The highest BCUT2D eigenvalue weighted by Gasteiger charge is 2.59. The van der Waals surface area contributed by atoms with Gasteiger partial charge < -0.3 is 10.2 Å². The van der Waals surface area contributed by atoms with Crippen molar-refractivity contribution in [3.63, 3.8) is 0 Å². The van der Waals surface area contributed by atoms with Gasteiger partial charge in [-0.25, -0.2) is 13.6 Å². The third-order valence-electron chi connectivity index (χ3n) is 2.25. The molecule has 0 heterocycles. The van der Waals surface area contributed by atoms with Crippen molar-refractivity contribution in [1.29, 1.82) is 0 Å². The van der Waals surface area contributed by atoms with Gasteiger partial charge in [0.15, 0.2) is 5.60 Å². The minimum atomic E-state index is -4.47. The molecule has 0 aliphatic heterocycles. The maximum atomic E-state index is 12.9. The van der Waals surface area contributed by atoms with Crippen LogP contribution in [0.25, 0.3) is 0 Å². The van der Waals surface area contributed by atoms with Crippen LogP contribution >= 0.6 is 0 Å². The summed E-state index contributed by atoms with van der Waals surface area (Å²) in [6.45, 7) is 0. The summed E-state index contributed by atoms with van der Waals surface area (Å²) < 4.78 is 50.9. The van der Waals surface area contributed by atoms with E-state index in [1.807, 2.05) is 0 Å². The summed E-state index contributed by atoms with van der Waals surface area (Å²) in [4.78, 5) is 10.2. The number of aliphatic hydroxyl groups is 1. The molecule has 1 atom stereocenters. The van der Waals surface area contributed by atoms with Crippen LogP contribution in [0.15, 0.2) is 12.2 Å². The lowest BCUT2D eigenvalue weighted by Crippen LogP contribution is -2.54. The van der Waals surface area contributed by atoms with E-state index in [-0.39, 0.29) is 12.2 Å². The van der Waals surface area contributed by atoms with Gasteiger partial charge in [0.2, 0.25) is 0 Å². The summed E-state index contributed by atoms with van der Waals surface area (Å²) >= 11 is 0. The van der Waals surface area contributed by atoms with Gasteiger partial charge in [-0.15, -0.1) is 0 Å². The SMILES string of the molecule is O=C(O)C(F)(F)C1(O)C=CC(F)(F)CC1. The highest BCUT2D eigenvalue weighted by molar-refractivity contribution is 5.77. The third-order valence-corrected chi connectivity index (χ3v) is 2.25. The number of rotatable bonds is 2. The fourth-order valence-corrected chi connectivity index (χ4v) is 1.23. The summed E-state index contributed by atoms with van der Waals surface area (Å²) in [5.74, 6) is -10.3. The third kappa shape index (κ3) is 1.97. The number of carbonyl (C=O) groups is 1. The van der Waals surface area contributed by atoms with E-state index in [1.165, 1.54) is 0 Å². The minimum Gasteiger partial charge on any atom is -0.477 e. The predicted octanol–water partition coefficient (Wildman–Crippen LogP) is 1.42. The fraction of sp³-hybridized carbons (Fsp3) is 0.625. The van der Waals surface area contributed by atoms with E-state index in [1.54, 1.807) is 0 Å². The first-order valence-corrected chi connectivity index (χ1v) is 4.03. The summed E-state index contributed by atoms with van der Waals surface area (Å²) in [6, 6.07) is 0. The van der Waals surface area contributed by atoms with Crippen LogP contribution in [-0.2, 0) is 4.79 Å². The average molecular weight is 228 g/mol. The molecule has 1 unspecified atom stereocenters. The molecular weight excluding hydrogens is 220 g/mol. The van der Waals surface area contributed by atoms with Crippen LogP contribution in [0, 0.1) is 0 Å². The molecule has 0 spiro atoms. The Morgan fingerprint density at radius 3 is 2.13 bits per heavy atom. The maximum absolute atomic E-state index is 12.9. The van der Waals surface area contributed by atoms with Crippen LogP contribution in [0.3, 0.4) is 0 Å². The molecular formula is C8H8F4O3. The molecule has 7 heteroatoms. The molecule has 0 aromatic carbocycles. The van der Waals surface area contributed by atoms with Crippen molar-refractivity contribution in [3.05, 3.63) is 12.2 Å². The van der Waals surface area contributed by atoms with Crippen LogP contribution in [0.4, 0.5) is 17.6 Å². The Kier molecular flexibility index (Phi) is 2.55. The van der Waals surface area contributed by atoms with Crippen LogP contribution in [-0.4, -0.2) is 33.6 Å². The van der Waals surface area contributed by atoms with Gasteiger partial charge in [0, 0.05) is 6.42 Å². The first kappa shape index (κ1) is 12.0. The molecule has 0 aromatic heterocycles. The van der Waals surface area contributed by atoms with E-state index < -0.39 is 36.3 Å². The highest BCUT2D eigenvalue weighted by atomic mass is 19.3. The van der Waals surface area contributed by atoms with E-state index >= 15 is 0 Å². The lowest BCUT2D eigenvalue weighted by atomic mass is 9.84. The van der Waals surface area contributed by atoms with E-state index in [4.69, 9.17) is 5.11 Å². The van der Waals surface area contributed by atoms with Crippen LogP contribution in [0.5, 0.6) is 0 Å². The van der Waals surface area contributed by atoms with Crippen LogP contribution in [0.2, 0.25) is 0 Å². The number of aliphatic carboxylic acids is 1. The number of carboxylic acid groups (broad SMARTS) is 1. The van der Waals surface area contributed by atoms with Gasteiger partial charge >= 0.3 is 11.9 Å². The standard InChI is InChI=1S/C8H8F4O3/c9-7(10)3-1-6(15,2-4-7)8(11,12)5(13)14/h1,3,15H,2,4H2,(H,13,14). The second-order valence-corrected chi connectivity index (χ2v) is 3.40. The van der Waals surface area contributed by atoms with Crippen molar-refractivity contribution >= 4 is 5.97 Å². The number of alkyl halides is 4. The van der Waals surface area contributed by atoms with E-state index in [9.17, 15) is 27.5 Å². The van der Waals surface area contributed by atoms with Crippen molar-refractivity contribution in [1.82, 2.24) is 0 Å².